The van der Waals surface area contributed by atoms with Gasteiger partial charge in [-0.3, -0.25) is 9.78 Å². The van der Waals surface area contributed by atoms with Crippen molar-refractivity contribution < 1.29 is 14.3 Å². The van der Waals surface area contributed by atoms with Crippen LogP contribution in [0.4, 0.5) is 0 Å². The van der Waals surface area contributed by atoms with Crippen molar-refractivity contribution >= 4 is 11.9 Å². The summed E-state index contributed by atoms with van der Waals surface area (Å²) in [7, 11) is 0. The van der Waals surface area contributed by atoms with Gasteiger partial charge in [0.05, 0.1) is 11.9 Å². The Morgan fingerprint density at radius 3 is 2.71 bits per heavy atom. The van der Waals surface area contributed by atoms with Crippen LogP contribution < -0.4 is 5.32 Å². The molecule has 2 rings (SSSR count). The maximum absolute atomic E-state index is 11.8. The number of ether oxygens (including phenoxy) is 1. The SMILES string of the molecule is Cc1cnc(C(=O)OCC(=O)N[C@H]2CCCC[C@H]2C)cn1. The Balaban J connectivity index is 1.78. The van der Waals surface area contributed by atoms with E-state index < -0.39 is 5.97 Å². The van der Waals surface area contributed by atoms with E-state index in [1.165, 1.54) is 18.8 Å². The van der Waals surface area contributed by atoms with Gasteiger partial charge in [-0.05, 0) is 25.7 Å². The van der Waals surface area contributed by atoms with Crippen LogP contribution in [0, 0.1) is 12.8 Å². The molecule has 6 heteroatoms. The van der Waals surface area contributed by atoms with E-state index in [0.717, 1.165) is 25.0 Å². The molecule has 1 aliphatic carbocycles. The lowest BCUT2D eigenvalue weighted by molar-refractivity contribution is -0.125. The second-order valence-corrected chi connectivity index (χ2v) is 5.55. The highest BCUT2D eigenvalue weighted by Gasteiger charge is 2.23. The molecule has 0 aliphatic heterocycles. The van der Waals surface area contributed by atoms with E-state index in [4.69, 9.17) is 4.74 Å². The number of rotatable bonds is 4. The van der Waals surface area contributed by atoms with Gasteiger partial charge in [-0.25, -0.2) is 9.78 Å². The molecule has 0 spiro atoms. The molecule has 1 aromatic heterocycles. The van der Waals surface area contributed by atoms with Gasteiger partial charge in [-0.15, -0.1) is 0 Å². The van der Waals surface area contributed by atoms with Gasteiger partial charge < -0.3 is 10.1 Å². The minimum Gasteiger partial charge on any atom is -0.451 e. The fourth-order valence-electron chi connectivity index (χ4n) is 2.48. The molecule has 1 fully saturated rings. The Morgan fingerprint density at radius 1 is 1.29 bits per heavy atom. The fraction of sp³-hybridized carbons (Fsp3) is 0.600. The molecule has 0 aromatic carbocycles. The molecule has 1 amide bonds. The molecule has 1 N–H and O–H groups in total. The van der Waals surface area contributed by atoms with Crippen molar-refractivity contribution in [1.82, 2.24) is 15.3 Å². The van der Waals surface area contributed by atoms with Crippen LogP contribution in [0.5, 0.6) is 0 Å². The van der Waals surface area contributed by atoms with E-state index in [2.05, 4.69) is 22.2 Å². The molecular formula is C15H21N3O3. The molecule has 0 radical (unpaired) electrons. The van der Waals surface area contributed by atoms with E-state index in [1.807, 2.05) is 0 Å². The lowest BCUT2D eigenvalue weighted by atomic mass is 9.86. The van der Waals surface area contributed by atoms with Gasteiger partial charge in [0.2, 0.25) is 0 Å². The molecule has 1 aliphatic rings. The smallest absolute Gasteiger partial charge is 0.359 e. The van der Waals surface area contributed by atoms with Gasteiger partial charge in [-0.1, -0.05) is 19.8 Å². The summed E-state index contributed by atoms with van der Waals surface area (Å²) in [6.45, 7) is 3.64. The molecule has 114 valence electrons. The number of carbonyl (C=O) groups is 2. The molecule has 6 nitrogen and oxygen atoms in total. The summed E-state index contributed by atoms with van der Waals surface area (Å²) in [5.74, 6) is -0.419. The minimum absolute atomic E-state index is 0.111. The average Bonchev–Trinajstić information content (AvgIpc) is 2.48. The number of esters is 1. The molecule has 1 heterocycles. The number of nitrogens with zero attached hydrogens (tertiary/aromatic N) is 2. The molecule has 0 bridgehead atoms. The van der Waals surface area contributed by atoms with Crippen molar-refractivity contribution in [3.8, 4) is 0 Å². The Bertz CT molecular complexity index is 501. The van der Waals surface area contributed by atoms with Crippen LogP contribution in [0.1, 0.15) is 48.8 Å². The highest BCUT2D eigenvalue weighted by atomic mass is 16.5. The minimum atomic E-state index is -0.630. The molecule has 0 unspecified atom stereocenters. The van der Waals surface area contributed by atoms with E-state index in [-0.39, 0.29) is 24.2 Å². The molecule has 21 heavy (non-hydrogen) atoms. The summed E-state index contributed by atoms with van der Waals surface area (Å²) >= 11 is 0. The van der Waals surface area contributed by atoms with E-state index >= 15 is 0 Å². The lowest BCUT2D eigenvalue weighted by Crippen LogP contribution is -2.42. The number of hydrogen-bond donors (Lipinski definition) is 1. The van der Waals surface area contributed by atoms with Crippen LogP contribution >= 0.6 is 0 Å². The molecular weight excluding hydrogens is 270 g/mol. The van der Waals surface area contributed by atoms with E-state index in [9.17, 15) is 9.59 Å². The maximum Gasteiger partial charge on any atom is 0.359 e. The Hall–Kier alpha value is -1.98. The van der Waals surface area contributed by atoms with Crippen molar-refractivity contribution in [1.29, 1.82) is 0 Å². The van der Waals surface area contributed by atoms with Crippen molar-refractivity contribution in [3.63, 3.8) is 0 Å². The first-order valence-corrected chi connectivity index (χ1v) is 7.31. The Labute approximate surface area is 124 Å². The van der Waals surface area contributed by atoms with Crippen molar-refractivity contribution in [2.45, 2.75) is 45.6 Å². The summed E-state index contributed by atoms with van der Waals surface area (Å²) in [5, 5.41) is 2.93. The zero-order chi connectivity index (χ0) is 15.2. The predicted octanol–water partition coefficient (Wildman–Crippen LogP) is 1.64. The van der Waals surface area contributed by atoms with E-state index in [1.54, 1.807) is 6.92 Å². The first-order valence-electron chi connectivity index (χ1n) is 7.31. The number of amides is 1. The van der Waals surface area contributed by atoms with Crippen LogP contribution in [-0.4, -0.2) is 34.5 Å². The highest BCUT2D eigenvalue weighted by Crippen LogP contribution is 2.23. The van der Waals surface area contributed by atoms with Crippen molar-refractivity contribution in [3.05, 3.63) is 23.8 Å². The largest absolute Gasteiger partial charge is 0.451 e. The Morgan fingerprint density at radius 2 is 2.05 bits per heavy atom. The van der Waals surface area contributed by atoms with Crippen LogP contribution in [-0.2, 0) is 9.53 Å². The summed E-state index contributed by atoms with van der Waals surface area (Å²) < 4.78 is 4.95. The van der Waals surface area contributed by atoms with E-state index in [0.29, 0.717) is 5.92 Å². The molecule has 0 saturated heterocycles. The normalized spacial score (nSPS) is 21.6. The quantitative estimate of drug-likeness (QED) is 0.853. The predicted molar refractivity (Wildman–Crippen MR) is 76.6 cm³/mol. The molecule has 1 aromatic rings. The number of aryl methyl sites for hydroxylation is 1. The summed E-state index contributed by atoms with van der Waals surface area (Å²) in [4.78, 5) is 31.4. The number of aromatic nitrogens is 2. The fourth-order valence-corrected chi connectivity index (χ4v) is 2.48. The third-order valence-corrected chi connectivity index (χ3v) is 3.78. The number of nitrogens with one attached hydrogen (secondary N) is 1. The van der Waals surface area contributed by atoms with Gasteiger partial charge in [0.1, 0.15) is 0 Å². The molecule has 1 saturated carbocycles. The second kappa shape index (κ2) is 7.15. The average molecular weight is 291 g/mol. The standard InChI is InChI=1S/C15H21N3O3/c1-10-5-3-4-6-12(10)18-14(19)9-21-15(20)13-8-16-11(2)7-17-13/h7-8,10,12H,3-6,9H2,1-2H3,(H,18,19)/t10-,12+/m1/s1. The van der Waals surface area contributed by atoms with Crippen LogP contribution in [0.15, 0.2) is 12.4 Å². The maximum atomic E-state index is 11.8. The van der Waals surface area contributed by atoms with Gasteiger partial charge in [0, 0.05) is 12.2 Å². The van der Waals surface area contributed by atoms with Crippen molar-refractivity contribution in [2.24, 2.45) is 5.92 Å². The third-order valence-electron chi connectivity index (χ3n) is 3.78. The van der Waals surface area contributed by atoms with Crippen LogP contribution in [0.25, 0.3) is 0 Å². The number of carbonyl (C=O) groups excluding carboxylic acids is 2. The second-order valence-electron chi connectivity index (χ2n) is 5.55. The van der Waals surface area contributed by atoms with Gasteiger partial charge in [0.25, 0.3) is 5.91 Å². The highest BCUT2D eigenvalue weighted by molar-refractivity contribution is 5.89. The van der Waals surface area contributed by atoms with Crippen LogP contribution in [0.2, 0.25) is 0 Å². The van der Waals surface area contributed by atoms with Gasteiger partial charge in [-0.2, -0.15) is 0 Å². The first kappa shape index (κ1) is 15.4. The van der Waals surface area contributed by atoms with Gasteiger partial charge >= 0.3 is 5.97 Å². The van der Waals surface area contributed by atoms with Crippen molar-refractivity contribution in [2.75, 3.05) is 6.61 Å². The third kappa shape index (κ3) is 4.51. The zero-order valence-corrected chi connectivity index (χ0v) is 12.5. The monoisotopic (exact) mass is 291 g/mol. The summed E-state index contributed by atoms with van der Waals surface area (Å²) in [6, 6.07) is 0.184. The molecule has 2 atom stereocenters. The summed E-state index contributed by atoms with van der Waals surface area (Å²) in [5.41, 5.74) is 0.829. The number of hydrogen-bond acceptors (Lipinski definition) is 5. The zero-order valence-electron chi connectivity index (χ0n) is 12.5. The Kier molecular flexibility index (Phi) is 5.25. The topological polar surface area (TPSA) is 81.2 Å². The summed E-state index contributed by atoms with van der Waals surface area (Å²) in [6.07, 6.45) is 7.30. The van der Waals surface area contributed by atoms with Gasteiger partial charge in [0.15, 0.2) is 12.3 Å². The lowest BCUT2D eigenvalue weighted by Gasteiger charge is -2.29. The van der Waals surface area contributed by atoms with Crippen LogP contribution in [0.3, 0.4) is 0 Å². The first-order chi connectivity index (χ1) is 10.1.